The number of carbonyl (C=O) groups is 1. The number of esters is 1. The minimum absolute atomic E-state index is 0.267. The first kappa shape index (κ1) is 14.8. The van der Waals surface area contributed by atoms with Crippen LogP contribution in [-0.4, -0.2) is 26.5 Å². The Morgan fingerprint density at radius 2 is 1.45 bits per heavy atom. The predicted molar refractivity (Wildman–Crippen MR) is 83.1 cm³/mol. The van der Waals surface area contributed by atoms with E-state index in [9.17, 15) is 4.79 Å². The Labute approximate surface area is 126 Å². The molecule has 2 aromatic carbocycles. The van der Waals surface area contributed by atoms with Gasteiger partial charge in [-0.05, 0) is 0 Å². The standard InChI is InChI=1S/C17H18O2Se/c1-17(2,3)19-16(18)13-9-11-15(12-10-13)20-14-7-5-4-6-8-14/h4-12H,1-3H3. The zero-order valence-electron chi connectivity index (χ0n) is 11.9. The summed E-state index contributed by atoms with van der Waals surface area (Å²) in [6.45, 7) is 5.62. The fourth-order valence-electron chi connectivity index (χ4n) is 1.62. The molecule has 0 fully saturated rings. The molecule has 0 unspecified atom stereocenters. The third-order valence-electron chi connectivity index (χ3n) is 2.47. The number of hydrogen-bond acceptors (Lipinski definition) is 2. The van der Waals surface area contributed by atoms with Crippen molar-refractivity contribution in [3.05, 3.63) is 60.2 Å². The van der Waals surface area contributed by atoms with E-state index in [0.29, 0.717) is 5.56 Å². The van der Waals surface area contributed by atoms with E-state index in [1.54, 1.807) is 0 Å². The van der Waals surface area contributed by atoms with E-state index < -0.39 is 5.60 Å². The van der Waals surface area contributed by atoms with Gasteiger partial charge in [-0.2, -0.15) is 0 Å². The molecule has 0 atom stereocenters. The van der Waals surface area contributed by atoms with E-state index in [2.05, 4.69) is 12.1 Å². The molecule has 0 bridgehead atoms. The average Bonchev–Trinajstić information content (AvgIpc) is 2.39. The number of benzene rings is 2. The third-order valence-corrected chi connectivity index (χ3v) is 4.60. The Morgan fingerprint density at radius 3 is 2.00 bits per heavy atom. The van der Waals surface area contributed by atoms with Gasteiger partial charge >= 0.3 is 126 Å². The first-order chi connectivity index (χ1) is 9.44. The predicted octanol–water partition coefficient (Wildman–Crippen LogP) is 2.30. The molecule has 0 aliphatic heterocycles. The van der Waals surface area contributed by atoms with Crippen molar-refractivity contribution in [3.63, 3.8) is 0 Å². The number of hydrogen-bond donors (Lipinski definition) is 0. The molecule has 0 spiro atoms. The summed E-state index contributed by atoms with van der Waals surface area (Å²) < 4.78 is 7.92. The second-order valence-corrected chi connectivity index (χ2v) is 7.85. The molecule has 0 aliphatic rings. The molecular weight excluding hydrogens is 315 g/mol. The van der Waals surface area contributed by atoms with E-state index >= 15 is 0 Å². The fourth-order valence-corrected chi connectivity index (χ4v) is 3.38. The van der Waals surface area contributed by atoms with E-state index in [0.717, 1.165) is 0 Å². The Hall–Kier alpha value is -1.57. The van der Waals surface area contributed by atoms with Crippen molar-refractivity contribution < 1.29 is 9.53 Å². The van der Waals surface area contributed by atoms with Crippen LogP contribution in [0.5, 0.6) is 0 Å². The van der Waals surface area contributed by atoms with Crippen LogP contribution in [0.3, 0.4) is 0 Å². The molecule has 2 rings (SSSR count). The van der Waals surface area contributed by atoms with Crippen LogP contribution in [0.15, 0.2) is 54.6 Å². The molecular formula is C17H18O2Se. The summed E-state index contributed by atoms with van der Waals surface area (Å²) in [6, 6.07) is 18.1. The van der Waals surface area contributed by atoms with Gasteiger partial charge in [0.25, 0.3) is 0 Å². The monoisotopic (exact) mass is 334 g/mol. The average molecular weight is 333 g/mol. The summed E-state index contributed by atoms with van der Waals surface area (Å²) in [4.78, 5) is 11.9. The molecule has 0 radical (unpaired) electrons. The molecule has 104 valence electrons. The van der Waals surface area contributed by atoms with Crippen molar-refractivity contribution in [2.24, 2.45) is 0 Å². The summed E-state index contributed by atoms with van der Waals surface area (Å²) in [5.41, 5.74) is 0.150. The summed E-state index contributed by atoms with van der Waals surface area (Å²) in [5, 5.41) is 0. The molecule has 2 nitrogen and oxygen atoms in total. The molecule has 0 saturated heterocycles. The zero-order valence-corrected chi connectivity index (χ0v) is 13.6. The van der Waals surface area contributed by atoms with Gasteiger partial charge in [-0.15, -0.1) is 0 Å². The van der Waals surface area contributed by atoms with Gasteiger partial charge in [0, 0.05) is 0 Å². The molecule has 0 aromatic heterocycles. The van der Waals surface area contributed by atoms with Crippen LogP contribution >= 0.6 is 0 Å². The molecule has 0 aliphatic carbocycles. The van der Waals surface area contributed by atoms with Gasteiger partial charge in [-0.1, -0.05) is 0 Å². The minimum atomic E-state index is -0.455. The molecule has 0 N–H and O–H groups in total. The van der Waals surface area contributed by atoms with E-state index in [4.69, 9.17) is 4.74 Å². The van der Waals surface area contributed by atoms with E-state index in [-0.39, 0.29) is 20.9 Å². The van der Waals surface area contributed by atoms with E-state index in [1.165, 1.54) is 8.92 Å². The van der Waals surface area contributed by atoms with Crippen LogP contribution in [0, 0.1) is 0 Å². The Kier molecular flexibility index (Phi) is 4.64. The van der Waals surface area contributed by atoms with Gasteiger partial charge in [0.2, 0.25) is 0 Å². The Bertz CT molecular complexity index is 568. The Balaban J connectivity index is 2.05. The normalized spacial score (nSPS) is 11.2. The van der Waals surface area contributed by atoms with Crippen molar-refractivity contribution in [2.45, 2.75) is 26.4 Å². The maximum atomic E-state index is 11.9. The van der Waals surface area contributed by atoms with Gasteiger partial charge < -0.3 is 0 Å². The van der Waals surface area contributed by atoms with Crippen LogP contribution in [-0.2, 0) is 4.74 Å². The summed E-state index contributed by atoms with van der Waals surface area (Å²) >= 11 is 0.272. The quantitative estimate of drug-likeness (QED) is 0.636. The van der Waals surface area contributed by atoms with Crippen molar-refractivity contribution in [3.8, 4) is 0 Å². The number of ether oxygens (including phenoxy) is 1. The topological polar surface area (TPSA) is 26.3 Å². The summed E-state index contributed by atoms with van der Waals surface area (Å²) in [6.07, 6.45) is 0. The van der Waals surface area contributed by atoms with Crippen molar-refractivity contribution >= 4 is 29.8 Å². The molecule has 20 heavy (non-hydrogen) atoms. The van der Waals surface area contributed by atoms with Crippen LogP contribution in [0.2, 0.25) is 0 Å². The maximum absolute atomic E-state index is 11.9. The van der Waals surface area contributed by atoms with Crippen molar-refractivity contribution in [1.82, 2.24) is 0 Å². The first-order valence-electron chi connectivity index (χ1n) is 6.50. The molecule has 0 saturated carbocycles. The van der Waals surface area contributed by atoms with Gasteiger partial charge in [-0.3, -0.25) is 0 Å². The van der Waals surface area contributed by atoms with Gasteiger partial charge in [0.1, 0.15) is 0 Å². The fraction of sp³-hybridized carbons (Fsp3) is 0.235. The SMILES string of the molecule is CC(C)(C)OC(=O)c1ccc([Se]c2ccccc2)cc1. The van der Waals surface area contributed by atoms with Crippen LogP contribution in [0.25, 0.3) is 0 Å². The second-order valence-electron chi connectivity index (χ2n) is 5.44. The molecule has 2 aromatic rings. The summed E-state index contributed by atoms with van der Waals surface area (Å²) in [7, 11) is 0. The van der Waals surface area contributed by atoms with E-state index in [1.807, 2.05) is 63.2 Å². The summed E-state index contributed by atoms with van der Waals surface area (Å²) in [5.74, 6) is -0.267. The van der Waals surface area contributed by atoms with Gasteiger partial charge in [0.05, 0.1) is 0 Å². The van der Waals surface area contributed by atoms with Crippen LogP contribution < -0.4 is 8.92 Å². The molecule has 0 amide bonds. The zero-order chi connectivity index (χ0) is 14.6. The third kappa shape index (κ3) is 4.52. The van der Waals surface area contributed by atoms with Gasteiger partial charge in [0.15, 0.2) is 0 Å². The molecule has 3 heteroatoms. The number of carbonyl (C=O) groups excluding carboxylic acids is 1. The van der Waals surface area contributed by atoms with Gasteiger partial charge in [-0.25, -0.2) is 0 Å². The first-order valence-corrected chi connectivity index (χ1v) is 8.22. The van der Waals surface area contributed by atoms with Crippen LogP contribution in [0.1, 0.15) is 31.1 Å². The number of rotatable bonds is 3. The Morgan fingerprint density at radius 1 is 0.900 bits per heavy atom. The van der Waals surface area contributed by atoms with Crippen molar-refractivity contribution in [2.75, 3.05) is 0 Å². The second kappa shape index (κ2) is 6.25. The van der Waals surface area contributed by atoms with Crippen molar-refractivity contribution in [1.29, 1.82) is 0 Å². The van der Waals surface area contributed by atoms with Crippen LogP contribution in [0.4, 0.5) is 0 Å². The molecule has 0 heterocycles.